The van der Waals surface area contributed by atoms with Gasteiger partial charge in [-0.1, -0.05) is 49.4 Å². The van der Waals surface area contributed by atoms with Gasteiger partial charge in [-0.3, -0.25) is 4.98 Å². The Morgan fingerprint density at radius 3 is 2.74 bits per heavy atom. The summed E-state index contributed by atoms with van der Waals surface area (Å²) in [6.45, 7) is 6.91. The lowest BCUT2D eigenvalue weighted by atomic mass is 9.98. The van der Waals surface area contributed by atoms with Gasteiger partial charge in [0.1, 0.15) is 0 Å². The molecule has 2 heterocycles. The molecule has 142 valence electrons. The highest BCUT2D eigenvalue weighted by molar-refractivity contribution is 5.86. The number of aryl methyl sites for hydroxylation is 3. The molecule has 0 spiro atoms. The lowest BCUT2D eigenvalue weighted by Gasteiger charge is -2.34. The van der Waals surface area contributed by atoms with Crippen molar-refractivity contribution in [2.75, 3.05) is 18.0 Å². The highest BCUT2D eigenvalue weighted by Crippen LogP contribution is 2.27. The molecule has 27 heavy (non-hydrogen) atoms. The number of anilines is 1. The number of piperidine rings is 1. The summed E-state index contributed by atoms with van der Waals surface area (Å²) < 4.78 is 0. The van der Waals surface area contributed by atoms with Gasteiger partial charge in [0.2, 0.25) is 0 Å². The number of aromatic nitrogens is 1. The van der Waals surface area contributed by atoms with E-state index in [1.165, 1.54) is 59.2 Å². The summed E-state index contributed by atoms with van der Waals surface area (Å²) in [5, 5.41) is 2.69. The summed E-state index contributed by atoms with van der Waals surface area (Å²) in [4.78, 5) is 7.28. The summed E-state index contributed by atoms with van der Waals surface area (Å²) in [6.07, 6.45) is 6.74. The van der Waals surface area contributed by atoms with Gasteiger partial charge in [-0.2, -0.15) is 0 Å². The average Bonchev–Trinajstić information content (AvgIpc) is 2.67. The van der Waals surface area contributed by atoms with Crippen molar-refractivity contribution in [1.29, 1.82) is 0 Å². The summed E-state index contributed by atoms with van der Waals surface area (Å²) in [5.41, 5.74) is 5.31. The first-order valence-corrected chi connectivity index (χ1v) is 9.88. The van der Waals surface area contributed by atoms with E-state index in [2.05, 4.69) is 73.5 Å². The Hall–Kier alpha value is -2.06. The molecule has 0 saturated carbocycles. The third-order valence-corrected chi connectivity index (χ3v) is 5.66. The van der Waals surface area contributed by atoms with Crippen LogP contribution in [0.1, 0.15) is 36.6 Å². The highest BCUT2D eigenvalue weighted by atomic mass is 35.5. The van der Waals surface area contributed by atoms with E-state index in [4.69, 9.17) is 4.98 Å². The molecule has 2 aromatic carbocycles. The van der Waals surface area contributed by atoms with E-state index in [0.29, 0.717) is 0 Å². The highest BCUT2D eigenvalue weighted by Gasteiger charge is 2.18. The summed E-state index contributed by atoms with van der Waals surface area (Å²) in [5.74, 6) is 0.787. The molecule has 0 N–H and O–H groups in total. The molecule has 1 atom stereocenters. The van der Waals surface area contributed by atoms with Crippen LogP contribution in [0.3, 0.4) is 0 Å². The number of hydrogen-bond donors (Lipinski definition) is 0. The standard InChI is InChI=1S/C24H28N2.ClH/c1-18-7-6-14-26(17-18)24-15-22(25-16-19(24)2)13-12-21-10-5-9-20-8-3-4-11-23(20)21;/h3-5,8-11,15-16,18H,6-7,12-14,17H2,1-2H3;1H. The molecule has 0 radical (unpaired) electrons. The molecule has 1 saturated heterocycles. The van der Waals surface area contributed by atoms with E-state index < -0.39 is 0 Å². The van der Waals surface area contributed by atoms with Gasteiger partial charge in [-0.05, 0) is 66.5 Å². The predicted molar refractivity (Wildman–Crippen MR) is 118 cm³/mol. The minimum Gasteiger partial charge on any atom is -0.371 e. The van der Waals surface area contributed by atoms with Crippen molar-refractivity contribution in [2.24, 2.45) is 5.92 Å². The van der Waals surface area contributed by atoms with E-state index >= 15 is 0 Å². The van der Waals surface area contributed by atoms with Crippen LogP contribution in [0.15, 0.2) is 54.7 Å². The number of rotatable bonds is 4. The molecule has 1 unspecified atom stereocenters. The summed E-state index contributed by atoms with van der Waals surface area (Å²) in [7, 11) is 0. The van der Waals surface area contributed by atoms with Gasteiger partial charge < -0.3 is 4.90 Å². The lowest BCUT2D eigenvalue weighted by Crippen LogP contribution is -2.34. The topological polar surface area (TPSA) is 16.1 Å². The van der Waals surface area contributed by atoms with Crippen LogP contribution in [0, 0.1) is 12.8 Å². The zero-order valence-corrected chi connectivity index (χ0v) is 17.1. The zero-order valence-electron chi connectivity index (χ0n) is 16.3. The molecule has 1 fully saturated rings. The second kappa shape index (κ2) is 8.75. The van der Waals surface area contributed by atoms with Crippen molar-refractivity contribution in [3.63, 3.8) is 0 Å². The molecule has 3 aromatic rings. The van der Waals surface area contributed by atoms with Crippen LogP contribution in [0.4, 0.5) is 5.69 Å². The van der Waals surface area contributed by atoms with Gasteiger partial charge in [-0.25, -0.2) is 0 Å². The third kappa shape index (κ3) is 4.44. The van der Waals surface area contributed by atoms with Gasteiger partial charge in [0.25, 0.3) is 0 Å². The summed E-state index contributed by atoms with van der Waals surface area (Å²) in [6, 6.07) is 17.6. The maximum atomic E-state index is 4.72. The second-order valence-electron chi connectivity index (χ2n) is 7.79. The SMILES string of the molecule is Cc1cnc(CCc2cccc3ccccc23)cc1N1CCCC(C)C1.Cl. The van der Waals surface area contributed by atoms with Gasteiger partial charge in [0.05, 0.1) is 0 Å². The van der Waals surface area contributed by atoms with E-state index in [1.807, 2.05) is 0 Å². The fourth-order valence-corrected chi connectivity index (χ4v) is 4.21. The van der Waals surface area contributed by atoms with E-state index in [-0.39, 0.29) is 12.4 Å². The normalized spacial score (nSPS) is 17.0. The number of pyridine rings is 1. The maximum absolute atomic E-state index is 4.72. The van der Waals surface area contributed by atoms with Crippen molar-refractivity contribution < 1.29 is 0 Å². The van der Waals surface area contributed by atoms with E-state index in [1.54, 1.807) is 0 Å². The molecule has 1 aliphatic heterocycles. The van der Waals surface area contributed by atoms with Gasteiger partial charge in [0.15, 0.2) is 0 Å². The van der Waals surface area contributed by atoms with Gasteiger partial charge in [-0.15, -0.1) is 12.4 Å². The van der Waals surface area contributed by atoms with Crippen LogP contribution in [0.2, 0.25) is 0 Å². The lowest BCUT2D eigenvalue weighted by molar-refractivity contribution is 0.446. The monoisotopic (exact) mass is 380 g/mol. The van der Waals surface area contributed by atoms with E-state index in [0.717, 1.165) is 18.8 Å². The van der Waals surface area contributed by atoms with Crippen molar-refractivity contribution in [3.8, 4) is 0 Å². The molecular formula is C24H29ClN2. The molecule has 2 nitrogen and oxygen atoms in total. The molecule has 0 bridgehead atoms. The smallest absolute Gasteiger partial charge is 0.0429 e. The fourth-order valence-electron chi connectivity index (χ4n) is 4.21. The first-order valence-electron chi connectivity index (χ1n) is 9.88. The second-order valence-corrected chi connectivity index (χ2v) is 7.79. The Morgan fingerprint density at radius 2 is 1.89 bits per heavy atom. The van der Waals surface area contributed by atoms with Crippen molar-refractivity contribution in [3.05, 3.63) is 71.5 Å². The Kier molecular flexibility index (Phi) is 6.38. The summed E-state index contributed by atoms with van der Waals surface area (Å²) >= 11 is 0. The number of hydrogen-bond acceptors (Lipinski definition) is 2. The predicted octanol–water partition coefficient (Wildman–Crippen LogP) is 5.99. The Bertz CT molecular complexity index is 901. The molecular weight excluding hydrogens is 352 g/mol. The van der Waals surface area contributed by atoms with Crippen molar-refractivity contribution in [2.45, 2.75) is 39.5 Å². The van der Waals surface area contributed by atoms with Crippen molar-refractivity contribution >= 4 is 28.9 Å². The minimum absolute atomic E-state index is 0. The number of halogens is 1. The average molecular weight is 381 g/mol. The number of fused-ring (bicyclic) bond motifs is 1. The van der Waals surface area contributed by atoms with Gasteiger partial charge >= 0.3 is 0 Å². The Labute approximate surface area is 169 Å². The Morgan fingerprint density at radius 1 is 1.07 bits per heavy atom. The molecule has 3 heteroatoms. The molecule has 4 rings (SSSR count). The van der Waals surface area contributed by atoms with Crippen LogP contribution in [-0.2, 0) is 12.8 Å². The third-order valence-electron chi connectivity index (χ3n) is 5.66. The minimum atomic E-state index is 0. The van der Waals surface area contributed by atoms with Gasteiger partial charge in [0, 0.05) is 30.7 Å². The van der Waals surface area contributed by atoms with Crippen LogP contribution in [-0.4, -0.2) is 18.1 Å². The largest absolute Gasteiger partial charge is 0.371 e. The molecule has 1 aromatic heterocycles. The fraction of sp³-hybridized carbons (Fsp3) is 0.375. The first-order chi connectivity index (χ1) is 12.7. The number of benzene rings is 2. The van der Waals surface area contributed by atoms with Crippen LogP contribution in [0.5, 0.6) is 0 Å². The number of nitrogens with zero attached hydrogens (tertiary/aromatic N) is 2. The molecule has 0 amide bonds. The van der Waals surface area contributed by atoms with E-state index in [9.17, 15) is 0 Å². The molecule has 1 aliphatic rings. The van der Waals surface area contributed by atoms with Crippen LogP contribution >= 0.6 is 12.4 Å². The first kappa shape index (κ1) is 19.7. The quantitative estimate of drug-likeness (QED) is 0.552. The Balaban J connectivity index is 0.00000210. The van der Waals surface area contributed by atoms with Crippen molar-refractivity contribution in [1.82, 2.24) is 4.98 Å². The van der Waals surface area contributed by atoms with Crippen LogP contribution < -0.4 is 4.90 Å². The zero-order chi connectivity index (χ0) is 17.9. The molecule has 0 aliphatic carbocycles. The maximum Gasteiger partial charge on any atom is 0.0429 e. The van der Waals surface area contributed by atoms with Crippen LogP contribution in [0.25, 0.3) is 10.8 Å².